The van der Waals surface area contributed by atoms with Crippen molar-refractivity contribution in [2.45, 2.75) is 26.5 Å². The number of thiazole rings is 1. The largest absolute Gasteiger partial charge is 0.489 e. The lowest BCUT2D eigenvalue weighted by molar-refractivity contribution is -0.139. The summed E-state index contributed by atoms with van der Waals surface area (Å²) in [5, 5.41) is 2.36. The second kappa shape index (κ2) is 12.3. The van der Waals surface area contributed by atoms with E-state index in [1.54, 1.807) is 18.4 Å². The van der Waals surface area contributed by atoms with Crippen molar-refractivity contribution in [3.63, 3.8) is 0 Å². The van der Waals surface area contributed by atoms with Crippen LogP contribution in [0.2, 0.25) is 0 Å². The van der Waals surface area contributed by atoms with Gasteiger partial charge in [0, 0.05) is 19.8 Å². The predicted molar refractivity (Wildman–Crippen MR) is 176 cm³/mol. The van der Waals surface area contributed by atoms with Crippen LogP contribution < -0.4 is 24.5 Å². The Hall–Kier alpha value is -4.95. The topological polar surface area (TPSA) is 73.1 Å². The molecule has 0 aliphatic carbocycles. The van der Waals surface area contributed by atoms with E-state index in [0.29, 0.717) is 27.2 Å². The number of rotatable bonds is 8. The smallest absolute Gasteiger partial charge is 0.338 e. The number of esters is 1. The third-order valence-electron chi connectivity index (χ3n) is 7.69. The summed E-state index contributed by atoms with van der Waals surface area (Å²) in [6.07, 6.45) is 1.86. The average Bonchev–Trinajstić information content (AvgIpc) is 3.33. The first-order valence-corrected chi connectivity index (χ1v) is 15.3. The molecule has 0 spiro atoms. The molecule has 8 heteroatoms. The lowest BCUT2D eigenvalue weighted by atomic mass is 9.95. The van der Waals surface area contributed by atoms with E-state index in [1.807, 2.05) is 91.8 Å². The number of ether oxygens (including phenoxy) is 2. The van der Waals surface area contributed by atoms with Gasteiger partial charge in [-0.1, -0.05) is 78.1 Å². The van der Waals surface area contributed by atoms with E-state index in [-0.39, 0.29) is 12.2 Å². The van der Waals surface area contributed by atoms with Gasteiger partial charge in [0.1, 0.15) is 12.4 Å². The summed E-state index contributed by atoms with van der Waals surface area (Å²) in [4.78, 5) is 34.3. The molecule has 1 aromatic heterocycles. The maximum absolute atomic E-state index is 13.9. The van der Waals surface area contributed by atoms with Crippen molar-refractivity contribution >= 4 is 39.8 Å². The fourth-order valence-corrected chi connectivity index (χ4v) is 6.50. The van der Waals surface area contributed by atoms with E-state index in [2.05, 4.69) is 29.3 Å². The molecule has 44 heavy (non-hydrogen) atoms. The predicted octanol–water partition coefficient (Wildman–Crippen LogP) is 5.60. The molecule has 5 aromatic rings. The summed E-state index contributed by atoms with van der Waals surface area (Å²) in [7, 11) is 3.94. The molecule has 1 aliphatic rings. The molecule has 6 rings (SSSR count). The van der Waals surface area contributed by atoms with E-state index < -0.39 is 12.0 Å². The van der Waals surface area contributed by atoms with Crippen LogP contribution >= 0.6 is 11.3 Å². The number of allylic oxidation sites excluding steroid dienone is 1. The minimum absolute atomic E-state index is 0.207. The quantitative estimate of drug-likeness (QED) is 0.216. The van der Waals surface area contributed by atoms with Crippen LogP contribution in [0, 0.1) is 0 Å². The van der Waals surface area contributed by atoms with Crippen molar-refractivity contribution in [2.75, 3.05) is 25.6 Å². The van der Waals surface area contributed by atoms with E-state index >= 15 is 0 Å². The average molecular weight is 604 g/mol. The summed E-state index contributed by atoms with van der Waals surface area (Å²) in [5.74, 6) is 0.274. The zero-order valence-electron chi connectivity index (χ0n) is 25.1. The van der Waals surface area contributed by atoms with Gasteiger partial charge in [0.15, 0.2) is 4.80 Å². The van der Waals surface area contributed by atoms with Crippen LogP contribution in [0.25, 0.3) is 16.8 Å². The van der Waals surface area contributed by atoms with Crippen molar-refractivity contribution < 1.29 is 14.3 Å². The molecule has 0 saturated carbocycles. The Kier molecular flexibility index (Phi) is 8.17. The molecule has 4 aromatic carbocycles. The van der Waals surface area contributed by atoms with Crippen LogP contribution in [0.15, 0.2) is 112 Å². The lowest BCUT2D eigenvalue weighted by Gasteiger charge is -2.25. The number of anilines is 1. The highest BCUT2D eigenvalue weighted by Gasteiger charge is 2.33. The highest BCUT2D eigenvalue weighted by Crippen LogP contribution is 2.31. The lowest BCUT2D eigenvalue weighted by Crippen LogP contribution is -2.39. The SMILES string of the molecule is CCOC(=O)C1=C(C)N=c2s/c(=C/c3ccc(OCc4cccc5ccccc45)cc3)c(=O)n2C1c1ccc(N(C)C)cc1. The molecular weight excluding hydrogens is 570 g/mol. The maximum Gasteiger partial charge on any atom is 0.338 e. The molecule has 0 radical (unpaired) electrons. The van der Waals surface area contributed by atoms with Gasteiger partial charge in [0.05, 0.1) is 28.5 Å². The molecule has 1 unspecified atom stereocenters. The van der Waals surface area contributed by atoms with Crippen molar-refractivity contribution in [2.24, 2.45) is 4.99 Å². The highest BCUT2D eigenvalue weighted by atomic mass is 32.1. The first kappa shape index (κ1) is 29.1. The van der Waals surface area contributed by atoms with Crippen LogP contribution in [-0.4, -0.2) is 31.2 Å². The molecule has 2 heterocycles. The Bertz CT molecular complexity index is 2050. The minimum atomic E-state index is -0.645. The van der Waals surface area contributed by atoms with Crippen molar-refractivity contribution in [1.29, 1.82) is 0 Å². The number of carbonyl (C=O) groups excluding carboxylic acids is 1. The number of aromatic nitrogens is 1. The maximum atomic E-state index is 13.9. The van der Waals surface area contributed by atoms with Gasteiger partial charge in [-0.15, -0.1) is 0 Å². The fraction of sp³-hybridized carbons (Fsp3) is 0.194. The van der Waals surface area contributed by atoms with Crippen LogP contribution in [0.5, 0.6) is 5.75 Å². The summed E-state index contributed by atoms with van der Waals surface area (Å²) < 4.78 is 13.7. The third kappa shape index (κ3) is 5.68. The summed E-state index contributed by atoms with van der Waals surface area (Å²) in [6, 6.07) is 29.4. The molecule has 0 bridgehead atoms. The van der Waals surface area contributed by atoms with E-state index in [9.17, 15) is 9.59 Å². The second-order valence-electron chi connectivity index (χ2n) is 10.8. The molecule has 0 saturated heterocycles. The summed E-state index contributed by atoms with van der Waals surface area (Å²) in [5.41, 5.74) is 4.53. The van der Waals surface area contributed by atoms with Gasteiger partial charge in [0.25, 0.3) is 5.56 Å². The minimum Gasteiger partial charge on any atom is -0.489 e. The molecule has 0 N–H and O–H groups in total. The van der Waals surface area contributed by atoms with Crippen molar-refractivity contribution in [3.05, 3.63) is 139 Å². The Morgan fingerprint density at radius 1 is 0.977 bits per heavy atom. The van der Waals surface area contributed by atoms with E-state index in [4.69, 9.17) is 9.47 Å². The first-order chi connectivity index (χ1) is 21.3. The van der Waals surface area contributed by atoms with Crippen LogP contribution in [-0.2, 0) is 16.1 Å². The molecule has 0 amide bonds. The number of hydrogen-bond acceptors (Lipinski definition) is 7. The van der Waals surface area contributed by atoms with Gasteiger partial charge < -0.3 is 14.4 Å². The van der Waals surface area contributed by atoms with Gasteiger partial charge in [-0.3, -0.25) is 9.36 Å². The summed E-state index contributed by atoms with van der Waals surface area (Å²) >= 11 is 1.31. The normalized spacial score (nSPS) is 14.7. The van der Waals surface area contributed by atoms with Gasteiger partial charge in [-0.05, 0) is 71.7 Å². The van der Waals surface area contributed by atoms with Gasteiger partial charge >= 0.3 is 5.97 Å². The molecule has 1 aliphatic heterocycles. The Labute approximate surface area is 259 Å². The second-order valence-corrected chi connectivity index (χ2v) is 11.8. The van der Waals surface area contributed by atoms with Gasteiger partial charge in [-0.2, -0.15) is 0 Å². The molecule has 1 atom stereocenters. The monoisotopic (exact) mass is 603 g/mol. The Morgan fingerprint density at radius 3 is 2.43 bits per heavy atom. The number of carbonyl (C=O) groups is 1. The third-order valence-corrected chi connectivity index (χ3v) is 8.68. The van der Waals surface area contributed by atoms with Crippen molar-refractivity contribution in [3.8, 4) is 5.75 Å². The van der Waals surface area contributed by atoms with Gasteiger partial charge in [0.2, 0.25) is 0 Å². The Balaban J connectivity index is 1.32. The number of benzene rings is 4. The summed E-state index contributed by atoms with van der Waals surface area (Å²) in [6.45, 7) is 4.25. The standard InChI is InChI=1S/C36H33N3O4S/c1-5-42-35(41)32-23(2)37-36-39(33(32)26-15-17-28(18-16-26)38(3)4)34(40)31(44-36)21-24-13-19-29(20-14-24)43-22-27-11-8-10-25-9-6-7-12-30(25)27/h6-21,33H,5,22H2,1-4H3/b31-21+. The zero-order valence-corrected chi connectivity index (χ0v) is 25.9. The van der Waals surface area contributed by atoms with Crippen LogP contribution in [0.1, 0.15) is 36.6 Å². The fourth-order valence-electron chi connectivity index (χ4n) is 5.45. The first-order valence-electron chi connectivity index (χ1n) is 14.5. The molecule has 222 valence electrons. The van der Waals surface area contributed by atoms with Crippen LogP contribution in [0.4, 0.5) is 5.69 Å². The molecule has 0 fully saturated rings. The molecule has 7 nitrogen and oxygen atoms in total. The van der Waals surface area contributed by atoms with E-state index in [1.165, 1.54) is 22.1 Å². The Morgan fingerprint density at radius 2 is 1.70 bits per heavy atom. The highest BCUT2D eigenvalue weighted by molar-refractivity contribution is 7.07. The van der Waals surface area contributed by atoms with Gasteiger partial charge in [-0.25, -0.2) is 9.79 Å². The number of nitrogens with zero attached hydrogens (tertiary/aromatic N) is 3. The zero-order chi connectivity index (χ0) is 30.8. The van der Waals surface area contributed by atoms with Crippen molar-refractivity contribution in [1.82, 2.24) is 4.57 Å². The van der Waals surface area contributed by atoms with E-state index in [0.717, 1.165) is 28.1 Å². The molecular formula is C36H33N3O4S. The van der Waals surface area contributed by atoms with Crippen LogP contribution in [0.3, 0.4) is 0 Å². The number of hydrogen-bond donors (Lipinski definition) is 0. The number of fused-ring (bicyclic) bond motifs is 2.